The summed E-state index contributed by atoms with van der Waals surface area (Å²) in [4.78, 5) is 54.6. The molecule has 0 radical (unpaired) electrons. The third kappa shape index (κ3) is 7.84. The Morgan fingerprint density at radius 3 is 1.66 bits per heavy atom. The van der Waals surface area contributed by atoms with Crippen LogP contribution in [0.1, 0.15) is 39.5 Å². The van der Waals surface area contributed by atoms with Crippen LogP contribution in [0.25, 0.3) is 29.3 Å². The maximum absolute atomic E-state index is 11.8. The van der Waals surface area contributed by atoms with Crippen molar-refractivity contribution < 1.29 is 88.5 Å². The van der Waals surface area contributed by atoms with E-state index in [2.05, 4.69) is 0 Å². The molecule has 6 nitrogen and oxygen atoms in total. The molecule has 41 heavy (non-hydrogen) atoms. The maximum atomic E-state index is 11.8. The molecule has 0 saturated heterocycles. The van der Waals surface area contributed by atoms with E-state index in [1.807, 2.05) is 36.4 Å². The molecule has 4 aromatic heterocycles. The van der Waals surface area contributed by atoms with Gasteiger partial charge in [0.2, 0.25) is 0 Å². The number of hydrogen-bond acceptors (Lipinski definition) is 10. The molecule has 4 aromatic rings. The van der Waals surface area contributed by atoms with Gasteiger partial charge in [0.15, 0.2) is 11.6 Å². The fourth-order valence-corrected chi connectivity index (χ4v) is 9.61. The second kappa shape index (κ2) is 14.5. The van der Waals surface area contributed by atoms with Gasteiger partial charge in [-0.3, -0.25) is 9.59 Å². The zero-order valence-electron chi connectivity index (χ0n) is 22.5. The third-order valence-corrected chi connectivity index (χ3v) is 12.3. The number of carbonyl (C=O) groups is 4. The molecular formula is C28H18Na2O6S5. The number of ketones is 2. The Kier molecular flexibility index (Phi) is 12.1. The van der Waals surface area contributed by atoms with Gasteiger partial charge in [0.25, 0.3) is 0 Å². The number of aliphatic carboxylic acids is 2. The summed E-state index contributed by atoms with van der Waals surface area (Å²) >= 11 is 5.72. The average Bonchev–Trinajstić information content (AvgIpc) is 3.67. The van der Waals surface area contributed by atoms with Crippen LogP contribution in [0.4, 0.5) is 0 Å². The molecule has 5 heterocycles. The largest absolute Gasteiger partial charge is 1.00 e. The summed E-state index contributed by atoms with van der Waals surface area (Å²) in [6, 6.07) is 11.1. The predicted molar refractivity (Wildman–Crippen MR) is 158 cm³/mol. The van der Waals surface area contributed by atoms with E-state index in [1.54, 1.807) is 12.1 Å². The number of carboxylic acids is 2. The molecule has 0 saturated carbocycles. The zero-order valence-corrected chi connectivity index (χ0v) is 30.6. The molecule has 0 aromatic carbocycles. The van der Waals surface area contributed by atoms with Crippen LogP contribution in [-0.4, -0.2) is 33.2 Å². The Morgan fingerprint density at radius 2 is 1.17 bits per heavy atom. The minimum absolute atomic E-state index is 0. The quantitative estimate of drug-likeness (QED) is 0.115. The van der Waals surface area contributed by atoms with Crippen molar-refractivity contribution in [1.29, 1.82) is 0 Å². The van der Waals surface area contributed by atoms with Gasteiger partial charge in [-0.2, -0.15) is 0 Å². The summed E-state index contributed by atoms with van der Waals surface area (Å²) in [6.07, 6.45) is 3.13. The van der Waals surface area contributed by atoms with E-state index < -0.39 is 11.9 Å². The molecule has 0 atom stereocenters. The molecule has 13 heteroatoms. The maximum Gasteiger partial charge on any atom is 1.00 e. The van der Waals surface area contributed by atoms with E-state index in [-0.39, 0.29) is 83.5 Å². The minimum atomic E-state index is -1.19. The molecule has 1 aliphatic rings. The molecule has 1 aliphatic heterocycles. The normalized spacial score (nSPS) is 12.0. The SMILES string of the molecule is CC(=O)C1=S=C(c2cc(CC(=O)[O-])c(-c3ccc(-c4sc(-c5ccc(C(C)=O)s5)cc4CC(=O)[O-])s3)s2)C=C1.[Na+].[Na+]. The van der Waals surface area contributed by atoms with Gasteiger partial charge in [-0.25, -0.2) is 0 Å². The standard InChI is InChI=1S/C28H20O6S5.2Na/c1-13(29)17-3-5-19(35-17)23-9-15(11-25(31)32)27(38-23)21-7-8-22(37-21)28-16(12-26(33)34)10-24(39-28)20-6-4-18(36-20)14(2)30;;/h3-10H,11-12H2,1-2H3,(H,31,32)(H,33,34);;/q;2*+1/p-2. The van der Waals surface area contributed by atoms with Gasteiger partial charge in [-0.05, 0) is 73.5 Å². The third-order valence-electron chi connectivity index (χ3n) is 5.73. The fourth-order valence-electron chi connectivity index (χ4n) is 3.99. The molecule has 0 unspecified atom stereocenters. The Balaban J connectivity index is 0.00000231. The van der Waals surface area contributed by atoms with Crippen LogP contribution in [0.15, 0.2) is 48.6 Å². The van der Waals surface area contributed by atoms with Crippen LogP contribution >= 0.6 is 56.3 Å². The van der Waals surface area contributed by atoms with E-state index >= 15 is 0 Å². The van der Waals surface area contributed by atoms with E-state index in [0.717, 1.165) is 39.0 Å². The monoisotopic (exact) mass is 656 g/mol. The molecule has 0 fully saturated rings. The van der Waals surface area contributed by atoms with Crippen molar-refractivity contribution in [3.63, 3.8) is 0 Å². The number of allylic oxidation sites excluding steroid dienone is 2. The first-order chi connectivity index (χ1) is 18.6. The zero-order chi connectivity index (χ0) is 27.8. The second-order valence-corrected chi connectivity index (χ2v) is 14.0. The molecule has 198 valence electrons. The van der Waals surface area contributed by atoms with Crippen LogP contribution in [0.2, 0.25) is 0 Å². The first kappa shape index (κ1) is 34.3. The number of hydrogen-bond donors (Lipinski definition) is 0. The van der Waals surface area contributed by atoms with Gasteiger partial charge in [0, 0.05) is 63.8 Å². The first-order valence-electron chi connectivity index (χ1n) is 11.6. The summed E-state index contributed by atoms with van der Waals surface area (Å²) in [6.45, 7) is 3.02. The minimum Gasteiger partial charge on any atom is -0.550 e. The van der Waals surface area contributed by atoms with Crippen molar-refractivity contribution in [2.24, 2.45) is 0 Å². The smallest absolute Gasteiger partial charge is 0.550 e. The van der Waals surface area contributed by atoms with Crippen LogP contribution < -0.4 is 69.3 Å². The van der Waals surface area contributed by atoms with Crippen LogP contribution in [0.3, 0.4) is 0 Å². The average molecular weight is 657 g/mol. The molecule has 0 amide bonds. The number of carboxylic acid groups (broad SMARTS) is 2. The summed E-state index contributed by atoms with van der Waals surface area (Å²) in [5.41, 5.74) is 1.25. The molecule has 0 bridgehead atoms. The predicted octanol–water partition coefficient (Wildman–Crippen LogP) is -1.69. The van der Waals surface area contributed by atoms with Crippen molar-refractivity contribution in [1.82, 2.24) is 0 Å². The molecule has 5 rings (SSSR count). The Labute approximate surface area is 299 Å². The summed E-state index contributed by atoms with van der Waals surface area (Å²) < 4.78 is 0. The summed E-state index contributed by atoms with van der Waals surface area (Å²) in [7, 11) is 1.37. The van der Waals surface area contributed by atoms with E-state index in [4.69, 9.17) is 0 Å². The number of rotatable bonds is 10. The Bertz CT molecular complexity index is 1780. The molecule has 0 N–H and O–H groups in total. The van der Waals surface area contributed by atoms with Crippen molar-refractivity contribution in [3.05, 3.63) is 69.4 Å². The molecule has 0 spiro atoms. The molecular weight excluding hydrogens is 639 g/mol. The van der Waals surface area contributed by atoms with Crippen molar-refractivity contribution in [3.8, 4) is 29.3 Å². The van der Waals surface area contributed by atoms with E-state index in [1.165, 1.54) is 70.1 Å². The number of Topliss-reactive ketones (excluding diaryl/α,β-unsaturated/α-hetero) is 2. The van der Waals surface area contributed by atoms with Gasteiger partial charge in [0.1, 0.15) is 0 Å². The summed E-state index contributed by atoms with van der Waals surface area (Å²) in [5.74, 6) is -2.42. The Hall–Kier alpha value is -1.22. The van der Waals surface area contributed by atoms with E-state index in [0.29, 0.717) is 20.9 Å². The van der Waals surface area contributed by atoms with Crippen LogP contribution in [0.5, 0.6) is 0 Å². The van der Waals surface area contributed by atoms with Gasteiger partial charge >= 0.3 is 59.1 Å². The van der Waals surface area contributed by atoms with Crippen molar-refractivity contribution in [2.45, 2.75) is 26.7 Å². The summed E-state index contributed by atoms with van der Waals surface area (Å²) in [5, 5.41) is 23.0. The topological polar surface area (TPSA) is 114 Å². The van der Waals surface area contributed by atoms with Crippen LogP contribution in [-0.2, 0) is 27.2 Å². The van der Waals surface area contributed by atoms with Crippen molar-refractivity contribution >= 4 is 89.5 Å². The van der Waals surface area contributed by atoms with Gasteiger partial charge in [-0.15, -0.1) is 56.3 Å². The van der Waals surface area contributed by atoms with Crippen molar-refractivity contribution in [2.75, 3.05) is 0 Å². The number of carbonyl (C=O) groups excluding carboxylic acids is 4. The van der Waals surface area contributed by atoms with Gasteiger partial charge in [-0.1, -0.05) is 0 Å². The number of thiophene rings is 4. The fraction of sp³-hybridized carbons (Fsp3) is 0.143. The second-order valence-electron chi connectivity index (χ2n) is 8.63. The first-order valence-corrected chi connectivity index (χ1v) is 15.6. The molecule has 0 aliphatic carbocycles. The van der Waals surface area contributed by atoms with Crippen LogP contribution in [0, 0.1) is 0 Å². The van der Waals surface area contributed by atoms with Gasteiger partial charge < -0.3 is 19.8 Å². The van der Waals surface area contributed by atoms with E-state index in [9.17, 15) is 29.4 Å². The van der Waals surface area contributed by atoms with Gasteiger partial charge in [0.05, 0.1) is 9.74 Å². The Morgan fingerprint density at radius 1 is 0.634 bits per heavy atom.